The van der Waals surface area contributed by atoms with Crippen molar-refractivity contribution >= 4 is 11.5 Å². The van der Waals surface area contributed by atoms with Crippen molar-refractivity contribution in [2.75, 3.05) is 37.6 Å². The minimum atomic E-state index is -4.61. The molecule has 0 spiro atoms. The zero-order chi connectivity index (χ0) is 19.3. The fourth-order valence-electron chi connectivity index (χ4n) is 3.26. The molecule has 0 aromatic carbocycles. The van der Waals surface area contributed by atoms with E-state index in [2.05, 4.69) is 20.2 Å². The number of piperazine rings is 1. The molecule has 3 rings (SSSR count). The van der Waals surface area contributed by atoms with Crippen molar-refractivity contribution in [2.24, 2.45) is 0 Å². The van der Waals surface area contributed by atoms with E-state index >= 15 is 0 Å². The zero-order valence-electron chi connectivity index (χ0n) is 15.3. The molecule has 1 fully saturated rings. The average Bonchev–Trinajstić information content (AvgIpc) is 2.94. The van der Waals surface area contributed by atoms with Gasteiger partial charge in [-0.25, -0.2) is 0 Å². The second-order valence-electron chi connectivity index (χ2n) is 7.41. The van der Waals surface area contributed by atoms with Crippen LogP contribution < -0.4 is 4.90 Å². The maximum Gasteiger partial charge on any atom is 0.453 e. The summed E-state index contributed by atoms with van der Waals surface area (Å²) < 4.78 is 40.3. The molecule has 0 amide bonds. The van der Waals surface area contributed by atoms with E-state index < -0.39 is 17.6 Å². The lowest BCUT2D eigenvalue weighted by Crippen LogP contribution is -2.51. The Balaban J connectivity index is 1.90. The second-order valence-corrected chi connectivity index (χ2v) is 7.41. The van der Waals surface area contributed by atoms with Crippen molar-refractivity contribution in [3.8, 4) is 0 Å². The number of β-amino-alcohol motifs (C(OH)–C–C–N with tert-alkyl or cyclic N) is 1. The molecule has 0 radical (unpaired) electrons. The molecule has 1 aliphatic rings. The Kier molecular flexibility index (Phi) is 4.60. The predicted molar refractivity (Wildman–Crippen MR) is 90.2 cm³/mol. The summed E-state index contributed by atoms with van der Waals surface area (Å²) in [5, 5.41) is 21.1. The van der Waals surface area contributed by atoms with Crippen LogP contribution >= 0.6 is 0 Å². The number of nitrogens with zero attached hydrogens (tertiary/aromatic N) is 6. The number of alkyl halides is 3. The molecule has 10 heteroatoms. The topological polar surface area (TPSA) is 69.8 Å². The normalized spacial score (nSPS) is 17.3. The maximum atomic E-state index is 13.2. The molecule has 26 heavy (non-hydrogen) atoms. The number of anilines is 1. The van der Waals surface area contributed by atoms with Gasteiger partial charge < -0.3 is 10.0 Å². The van der Waals surface area contributed by atoms with Crippen molar-refractivity contribution in [1.29, 1.82) is 0 Å². The summed E-state index contributed by atoms with van der Waals surface area (Å²) in [6.07, 6.45) is -4.61. The highest BCUT2D eigenvalue weighted by Crippen LogP contribution is 2.30. The van der Waals surface area contributed by atoms with Gasteiger partial charge in [-0.15, -0.1) is 15.3 Å². The quantitative estimate of drug-likeness (QED) is 0.884. The molecular formula is C16H23F3N6O. The highest BCUT2D eigenvalue weighted by atomic mass is 19.4. The number of rotatable bonds is 3. The smallest absolute Gasteiger partial charge is 0.389 e. The number of aromatic nitrogens is 4. The molecule has 1 saturated heterocycles. The molecule has 0 unspecified atom stereocenters. The number of hydrogen-bond acceptors (Lipinski definition) is 6. The van der Waals surface area contributed by atoms with Gasteiger partial charge in [-0.1, -0.05) is 0 Å². The molecular weight excluding hydrogens is 349 g/mol. The lowest BCUT2D eigenvalue weighted by Gasteiger charge is -2.38. The van der Waals surface area contributed by atoms with Gasteiger partial charge in [0.2, 0.25) is 0 Å². The van der Waals surface area contributed by atoms with Gasteiger partial charge in [-0.2, -0.15) is 17.7 Å². The van der Waals surface area contributed by atoms with Gasteiger partial charge in [0, 0.05) is 43.9 Å². The standard InChI is InChI=1S/C16H23F3N6O/c1-10-11(2)13(22-25-12(10)20-21-14(25)16(17,18)19)24-7-5-23(6-8-24)9-15(3,4)26/h26H,5-9H2,1-4H3. The first-order chi connectivity index (χ1) is 12.0. The number of fused-ring (bicyclic) bond motifs is 1. The van der Waals surface area contributed by atoms with Crippen LogP contribution in [0.25, 0.3) is 5.65 Å². The van der Waals surface area contributed by atoms with Gasteiger partial charge in [-0.3, -0.25) is 4.90 Å². The molecule has 144 valence electrons. The zero-order valence-corrected chi connectivity index (χ0v) is 15.3. The minimum Gasteiger partial charge on any atom is -0.389 e. The van der Waals surface area contributed by atoms with Gasteiger partial charge in [0.1, 0.15) is 0 Å². The third-order valence-corrected chi connectivity index (χ3v) is 4.60. The summed E-state index contributed by atoms with van der Waals surface area (Å²) in [6, 6.07) is 0. The summed E-state index contributed by atoms with van der Waals surface area (Å²) in [7, 11) is 0. The van der Waals surface area contributed by atoms with Crippen molar-refractivity contribution < 1.29 is 18.3 Å². The van der Waals surface area contributed by atoms with Gasteiger partial charge in [0.05, 0.1) is 5.60 Å². The Morgan fingerprint density at radius 3 is 2.15 bits per heavy atom. The van der Waals surface area contributed by atoms with E-state index in [1.807, 2.05) is 11.8 Å². The Hall–Kier alpha value is -1.94. The van der Waals surface area contributed by atoms with E-state index in [1.54, 1.807) is 20.8 Å². The molecule has 2 aromatic heterocycles. The summed E-state index contributed by atoms with van der Waals surface area (Å²) in [6.45, 7) is 10.3. The van der Waals surface area contributed by atoms with Crippen LogP contribution in [0.5, 0.6) is 0 Å². The van der Waals surface area contributed by atoms with Gasteiger partial charge >= 0.3 is 6.18 Å². The van der Waals surface area contributed by atoms with Crippen LogP contribution in [-0.2, 0) is 6.18 Å². The lowest BCUT2D eigenvalue weighted by molar-refractivity contribution is -0.146. The van der Waals surface area contributed by atoms with Crippen molar-refractivity contribution in [3.63, 3.8) is 0 Å². The van der Waals surface area contributed by atoms with Crippen LogP contribution in [0.3, 0.4) is 0 Å². The van der Waals surface area contributed by atoms with Gasteiger partial charge in [0.15, 0.2) is 11.5 Å². The Morgan fingerprint density at radius 2 is 1.62 bits per heavy atom. The molecule has 0 bridgehead atoms. The fourth-order valence-corrected chi connectivity index (χ4v) is 3.26. The van der Waals surface area contributed by atoms with Gasteiger partial charge in [-0.05, 0) is 27.7 Å². The number of aryl methyl sites for hydroxylation is 1. The highest BCUT2D eigenvalue weighted by Gasteiger charge is 2.38. The summed E-state index contributed by atoms with van der Waals surface area (Å²) >= 11 is 0. The predicted octanol–water partition coefficient (Wildman–Crippen LogP) is 1.65. The van der Waals surface area contributed by atoms with Crippen molar-refractivity contribution in [1.82, 2.24) is 24.7 Å². The average molecular weight is 372 g/mol. The number of aliphatic hydroxyl groups is 1. The minimum absolute atomic E-state index is 0.124. The SMILES string of the molecule is Cc1c(N2CCN(CC(C)(C)O)CC2)nn2c(C(F)(F)F)nnc2c1C. The number of hydrogen-bond donors (Lipinski definition) is 1. The Morgan fingerprint density at radius 1 is 1.00 bits per heavy atom. The Bertz CT molecular complexity index is 803. The summed E-state index contributed by atoms with van der Waals surface area (Å²) in [5.74, 6) is -0.597. The lowest BCUT2D eigenvalue weighted by atomic mass is 10.1. The van der Waals surface area contributed by atoms with E-state index in [0.717, 1.165) is 10.1 Å². The third kappa shape index (κ3) is 3.61. The van der Waals surface area contributed by atoms with Crippen LogP contribution in [0.4, 0.5) is 19.0 Å². The monoisotopic (exact) mass is 372 g/mol. The largest absolute Gasteiger partial charge is 0.453 e. The van der Waals surface area contributed by atoms with Crippen molar-refractivity contribution in [3.05, 3.63) is 17.0 Å². The van der Waals surface area contributed by atoms with E-state index in [0.29, 0.717) is 44.1 Å². The van der Waals surface area contributed by atoms with Crippen LogP contribution in [0.2, 0.25) is 0 Å². The van der Waals surface area contributed by atoms with Crippen LogP contribution in [0.1, 0.15) is 30.8 Å². The molecule has 0 aliphatic carbocycles. The molecule has 2 aromatic rings. The Labute approximate surface area is 149 Å². The van der Waals surface area contributed by atoms with Crippen LogP contribution in [-0.4, -0.2) is 68.1 Å². The first kappa shape index (κ1) is 18.8. The second kappa shape index (κ2) is 6.34. The maximum absolute atomic E-state index is 13.2. The van der Waals surface area contributed by atoms with Gasteiger partial charge in [0.25, 0.3) is 5.82 Å². The first-order valence-corrected chi connectivity index (χ1v) is 8.47. The number of halogens is 3. The highest BCUT2D eigenvalue weighted by molar-refractivity contribution is 5.59. The molecule has 1 aliphatic heterocycles. The van der Waals surface area contributed by atoms with Crippen LogP contribution in [0.15, 0.2) is 0 Å². The fraction of sp³-hybridized carbons (Fsp3) is 0.688. The molecule has 7 nitrogen and oxygen atoms in total. The van der Waals surface area contributed by atoms with Crippen molar-refractivity contribution in [2.45, 2.75) is 39.5 Å². The summed E-state index contributed by atoms with van der Waals surface area (Å²) in [4.78, 5) is 4.11. The van der Waals surface area contributed by atoms with E-state index in [4.69, 9.17) is 0 Å². The molecule has 3 heterocycles. The molecule has 0 atom stereocenters. The first-order valence-electron chi connectivity index (χ1n) is 8.47. The van der Waals surface area contributed by atoms with E-state index in [-0.39, 0.29) is 5.65 Å². The summed E-state index contributed by atoms with van der Waals surface area (Å²) in [5.41, 5.74) is 0.779. The van der Waals surface area contributed by atoms with E-state index in [9.17, 15) is 18.3 Å². The molecule has 0 saturated carbocycles. The third-order valence-electron chi connectivity index (χ3n) is 4.60. The molecule has 1 N–H and O–H groups in total. The van der Waals surface area contributed by atoms with Crippen LogP contribution in [0, 0.1) is 13.8 Å². The van der Waals surface area contributed by atoms with E-state index in [1.165, 1.54) is 0 Å².